The van der Waals surface area contributed by atoms with Crippen LogP contribution < -0.4 is 5.01 Å². The van der Waals surface area contributed by atoms with E-state index in [-0.39, 0.29) is 11.6 Å². The molecule has 0 radical (unpaired) electrons. The zero-order valence-corrected chi connectivity index (χ0v) is 9.97. The van der Waals surface area contributed by atoms with Gasteiger partial charge in [0.1, 0.15) is 7.11 Å². The molecule has 0 aromatic heterocycles. The summed E-state index contributed by atoms with van der Waals surface area (Å²) in [6.07, 6.45) is 0. The minimum Gasteiger partial charge on any atom is -0.398 e. The Labute approximate surface area is 99.4 Å². The van der Waals surface area contributed by atoms with Gasteiger partial charge in [-0.2, -0.15) is 10.1 Å². The number of amides is 1. The van der Waals surface area contributed by atoms with Crippen LogP contribution in [0.1, 0.15) is 12.5 Å². The molecule has 0 unspecified atom stereocenters. The molecule has 2 rings (SSSR count). The second-order valence-corrected chi connectivity index (χ2v) is 3.76. The van der Waals surface area contributed by atoms with Crippen LogP contribution in [0.25, 0.3) is 0 Å². The first kappa shape index (κ1) is 11.3. The van der Waals surface area contributed by atoms with Crippen LogP contribution in [-0.4, -0.2) is 24.4 Å². The highest BCUT2D eigenvalue weighted by Gasteiger charge is 2.31. The van der Waals surface area contributed by atoms with Crippen LogP contribution in [0.3, 0.4) is 0 Å². The van der Waals surface area contributed by atoms with Crippen molar-refractivity contribution in [1.82, 2.24) is 0 Å². The Morgan fingerprint density at radius 2 is 2.12 bits per heavy atom. The fourth-order valence-electron chi connectivity index (χ4n) is 1.63. The number of nitrogens with zero attached hydrogens (tertiary/aromatic N) is 3. The molecular weight excluding hydrogens is 218 g/mol. The van der Waals surface area contributed by atoms with Crippen molar-refractivity contribution < 1.29 is 9.63 Å². The van der Waals surface area contributed by atoms with Gasteiger partial charge in [0.15, 0.2) is 5.71 Å². The van der Waals surface area contributed by atoms with Crippen molar-refractivity contribution in [1.29, 1.82) is 0 Å². The van der Waals surface area contributed by atoms with Gasteiger partial charge in [-0.25, -0.2) is 0 Å². The topological polar surface area (TPSA) is 54.3 Å². The van der Waals surface area contributed by atoms with Crippen molar-refractivity contribution in [3.63, 3.8) is 0 Å². The van der Waals surface area contributed by atoms with Gasteiger partial charge in [-0.3, -0.25) is 4.79 Å². The molecule has 0 N–H and O–H groups in total. The summed E-state index contributed by atoms with van der Waals surface area (Å²) in [6, 6.07) is 7.57. The summed E-state index contributed by atoms with van der Waals surface area (Å²) < 4.78 is 0. The summed E-state index contributed by atoms with van der Waals surface area (Å²) in [6.45, 7) is 3.69. The number of oxime groups is 1. The Morgan fingerprint density at radius 3 is 2.76 bits per heavy atom. The lowest BCUT2D eigenvalue weighted by atomic mass is 10.2. The Kier molecular flexibility index (Phi) is 2.91. The summed E-state index contributed by atoms with van der Waals surface area (Å²) >= 11 is 0. The van der Waals surface area contributed by atoms with Crippen LogP contribution in [0, 0.1) is 6.92 Å². The van der Waals surface area contributed by atoms with Crippen molar-refractivity contribution >= 4 is 23.0 Å². The lowest BCUT2D eigenvalue weighted by Crippen LogP contribution is -2.27. The van der Waals surface area contributed by atoms with Crippen molar-refractivity contribution in [3.8, 4) is 0 Å². The van der Waals surface area contributed by atoms with Crippen molar-refractivity contribution in [2.24, 2.45) is 10.3 Å². The number of hydrazone groups is 1. The number of rotatable bonds is 2. The number of hydrogen-bond acceptors (Lipinski definition) is 4. The molecule has 1 amide bonds. The smallest absolute Gasteiger partial charge is 0.302 e. The average Bonchev–Trinajstić information content (AvgIpc) is 2.57. The molecular formula is C12H13N3O2. The van der Waals surface area contributed by atoms with Crippen molar-refractivity contribution in [3.05, 3.63) is 29.8 Å². The SMILES string of the molecule is CON=C1C(=O)N(c2cccc(C)c2)N=C1C. The minimum atomic E-state index is -0.269. The predicted molar refractivity (Wildman–Crippen MR) is 66.2 cm³/mol. The lowest BCUT2D eigenvalue weighted by Gasteiger charge is -2.11. The van der Waals surface area contributed by atoms with Gasteiger partial charge in [0.25, 0.3) is 0 Å². The highest BCUT2D eigenvalue weighted by Crippen LogP contribution is 2.20. The van der Waals surface area contributed by atoms with E-state index < -0.39 is 0 Å². The summed E-state index contributed by atoms with van der Waals surface area (Å²) in [7, 11) is 1.41. The first-order valence-electron chi connectivity index (χ1n) is 5.21. The maximum atomic E-state index is 12.0. The van der Waals surface area contributed by atoms with Gasteiger partial charge in [0, 0.05) is 0 Å². The molecule has 0 atom stereocenters. The average molecular weight is 231 g/mol. The molecule has 1 aliphatic heterocycles. The second-order valence-electron chi connectivity index (χ2n) is 3.76. The number of carbonyl (C=O) groups is 1. The summed E-state index contributed by atoms with van der Waals surface area (Å²) in [5.74, 6) is -0.269. The van der Waals surface area contributed by atoms with Gasteiger partial charge < -0.3 is 4.84 Å². The van der Waals surface area contributed by atoms with Gasteiger partial charge in [0.05, 0.1) is 11.4 Å². The molecule has 0 fully saturated rings. The Hall–Kier alpha value is -2.17. The van der Waals surface area contributed by atoms with E-state index in [0.717, 1.165) is 11.3 Å². The summed E-state index contributed by atoms with van der Waals surface area (Å²) in [5.41, 5.74) is 2.60. The maximum absolute atomic E-state index is 12.0. The normalized spacial score (nSPS) is 17.6. The van der Waals surface area contributed by atoms with Crippen LogP contribution >= 0.6 is 0 Å². The van der Waals surface area contributed by atoms with E-state index in [1.807, 2.05) is 31.2 Å². The molecule has 0 saturated carbocycles. The first-order valence-corrected chi connectivity index (χ1v) is 5.21. The number of benzene rings is 1. The van der Waals surface area contributed by atoms with E-state index in [9.17, 15) is 4.79 Å². The second kappa shape index (κ2) is 4.37. The maximum Gasteiger partial charge on any atom is 0.302 e. The number of aryl methyl sites for hydroxylation is 1. The zero-order valence-electron chi connectivity index (χ0n) is 9.97. The van der Waals surface area contributed by atoms with Gasteiger partial charge in [-0.1, -0.05) is 17.3 Å². The number of anilines is 1. The van der Waals surface area contributed by atoms with Crippen LogP contribution in [-0.2, 0) is 9.63 Å². The fourth-order valence-corrected chi connectivity index (χ4v) is 1.63. The van der Waals surface area contributed by atoms with Crippen LogP contribution in [0.4, 0.5) is 5.69 Å². The van der Waals surface area contributed by atoms with Crippen LogP contribution in [0.5, 0.6) is 0 Å². The standard InChI is InChI=1S/C12H13N3O2/c1-8-5-4-6-10(7-8)15-12(16)11(14-17-3)9(2)13-15/h4-7H,1-3H3. The third kappa shape index (κ3) is 2.04. The van der Waals surface area contributed by atoms with E-state index >= 15 is 0 Å². The minimum absolute atomic E-state index is 0.244. The van der Waals surface area contributed by atoms with E-state index in [1.165, 1.54) is 12.1 Å². The summed E-state index contributed by atoms with van der Waals surface area (Å²) in [4.78, 5) is 16.7. The van der Waals surface area contributed by atoms with Gasteiger partial charge in [-0.05, 0) is 31.5 Å². The number of hydrogen-bond donors (Lipinski definition) is 0. The predicted octanol–water partition coefficient (Wildman–Crippen LogP) is 1.72. The molecule has 1 aromatic carbocycles. The van der Waals surface area contributed by atoms with Crippen LogP contribution in [0.2, 0.25) is 0 Å². The zero-order chi connectivity index (χ0) is 12.4. The van der Waals surface area contributed by atoms with E-state index in [1.54, 1.807) is 6.92 Å². The number of carbonyl (C=O) groups excluding carboxylic acids is 1. The first-order chi connectivity index (χ1) is 8.13. The van der Waals surface area contributed by atoms with E-state index in [2.05, 4.69) is 15.1 Å². The molecule has 1 aromatic rings. The fraction of sp³-hybridized carbons (Fsp3) is 0.250. The molecule has 1 heterocycles. The Bertz CT molecular complexity index is 520. The quantitative estimate of drug-likeness (QED) is 0.728. The molecule has 5 nitrogen and oxygen atoms in total. The van der Waals surface area contributed by atoms with Crippen LogP contribution in [0.15, 0.2) is 34.5 Å². The van der Waals surface area contributed by atoms with Gasteiger partial charge >= 0.3 is 5.91 Å². The molecule has 0 spiro atoms. The van der Waals surface area contributed by atoms with E-state index in [0.29, 0.717) is 5.71 Å². The molecule has 17 heavy (non-hydrogen) atoms. The molecule has 0 bridgehead atoms. The molecule has 1 aliphatic rings. The van der Waals surface area contributed by atoms with Crippen molar-refractivity contribution in [2.45, 2.75) is 13.8 Å². The van der Waals surface area contributed by atoms with E-state index in [4.69, 9.17) is 0 Å². The monoisotopic (exact) mass is 231 g/mol. The third-order valence-electron chi connectivity index (χ3n) is 2.42. The lowest BCUT2D eigenvalue weighted by molar-refractivity contribution is -0.112. The Balaban J connectivity index is 2.37. The Morgan fingerprint density at radius 1 is 1.35 bits per heavy atom. The largest absolute Gasteiger partial charge is 0.398 e. The highest BCUT2D eigenvalue weighted by molar-refractivity contribution is 6.71. The molecule has 0 aliphatic carbocycles. The molecule has 88 valence electrons. The summed E-state index contributed by atoms with van der Waals surface area (Å²) in [5, 5.41) is 9.18. The van der Waals surface area contributed by atoms with Gasteiger partial charge in [0.2, 0.25) is 0 Å². The van der Waals surface area contributed by atoms with Gasteiger partial charge in [-0.15, -0.1) is 0 Å². The van der Waals surface area contributed by atoms with Crippen molar-refractivity contribution in [2.75, 3.05) is 12.1 Å². The third-order valence-corrected chi connectivity index (χ3v) is 2.42. The highest BCUT2D eigenvalue weighted by atomic mass is 16.6. The molecule has 0 saturated heterocycles. The molecule has 5 heteroatoms.